The average molecular weight is 620 g/mol. The van der Waals surface area contributed by atoms with Gasteiger partial charge in [0.25, 0.3) is 10.0 Å². The summed E-state index contributed by atoms with van der Waals surface area (Å²) in [5.74, 6) is -0.359. The monoisotopic (exact) mass is 619 g/mol. The van der Waals surface area contributed by atoms with Crippen LogP contribution in [-0.2, 0) is 26.2 Å². The lowest BCUT2D eigenvalue weighted by atomic mass is 9.95. The first-order valence-corrected chi connectivity index (χ1v) is 16.9. The summed E-state index contributed by atoms with van der Waals surface area (Å²) < 4.78 is 35.2. The number of anilines is 1. The molecule has 1 saturated carbocycles. The van der Waals surface area contributed by atoms with E-state index in [0.717, 1.165) is 58.7 Å². The average Bonchev–Trinajstić information content (AvgIpc) is 3.01. The van der Waals surface area contributed by atoms with Crippen LogP contribution in [0.25, 0.3) is 0 Å². The number of nitrogens with zero attached hydrogens (tertiary/aromatic N) is 2. The first kappa shape index (κ1) is 33.1. The van der Waals surface area contributed by atoms with E-state index in [0.29, 0.717) is 12.2 Å². The number of hydrogen-bond donors (Lipinski definition) is 1. The fourth-order valence-electron chi connectivity index (χ4n) is 5.70. The van der Waals surface area contributed by atoms with Gasteiger partial charge in [-0.25, -0.2) is 8.42 Å². The third-order valence-corrected chi connectivity index (χ3v) is 10.1. The summed E-state index contributed by atoms with van der Waals surface area (Å²) in [5.41, 5.74) is 3.92. The van der Waals surface area contributed by atoms with Crippen molar-refractivity contribution in [1.82, 2.24) is 10.2 Å². The van der Waals surface area contributed by atoms with E-state index in [-0.39, 0.29) is 29.1 Å². The summed E-state index contributed by atoms with van der Waals surface area (Å²) >= 11 is 0. The number of rotatable bonds is 12. The number of sulfonamides is 1. The second-order valence-electron chi connectivity index (χ2n) is 11.8. The molecule has 3 aromatic rings. The summed E-state index contributed by atoms with van der Waals surface area (Å²) in [4.78, 5) is 29.7. The number of methoxy groups -OCH3 is 1. The van der Waals surface area contributed by atoms with Gasteiger partial charge < -0.3 is 15.0 Å². The van der Waals surface area contributed by atoms with Crippen molar-refractivity contribution in [2.24, 2.45) is 0 Å². The molecule has 0 heterocycles. The predicted octanol–water partition coefficient (Wildman–Crippen LogP) is 6.07. The van der Waals surface area contributed by atoms with Crippen molar-refractivity contribution in [1.29, 1.82) is 0 Å². The first-order valence-electron chi connectivity index (χ1n) is 15.4. The van der Waals surface area contributed by atoms with Crippen LogP contribution in [0.2, 0.25) is 0 Å². The third-order valence-electron chi connectivity index (χ3n) is 8.30. The Morgan fingerprint density at radius 1 is 0.886 bits per heavy atom. The van der Waals surface area contributed by atoms with Gasteiger partial charge in [0.2, 0.25) is 11.8 Å². The maximum atomic E-state index is 14.4. The van der Waals surface area contributed by atoms with E-state index in [4.69, 9.17) is 4.74 Å². The largest absolute Gasteiger partial charge is 0.495 e. The molecule has 236 valence electrons. The highest BCUT2D eigenvalue weighted by atomic mass is 32.2. The number of nitrogens with one attached hydrogen (secondary N) is 1. The number of carbonyl (C=O) groups excluding carboxylic acids is 2. The van der Waals surface area contributed by atoms with E-state index >= 15 is 0 Å². The molecular formula is C35H45N3O5S. The number of carbonyl (C=O) groups is 2. The lowest BCUT2D eigenvalue weighted by Gasteiger charge is -2.34. The van der Waals surface area contributed by atoms with Crippen molar-refractivity contribution in [3.63, 3.8) is 0 Å². The molecule has 3 aromatic carbocycles. The van der Waals surface area contributed by atoms with Gasteiger partial charge in [-0.15, -0.1) is 0 Å². The molecule has 0 aromatic heterocycles. The summed E-state index contributed by atoms with van der Waals surface area (Å²) in [7, 11) is -2.73. The SMILES string of the molecule is CC[C@@H](C(=O)NC1CCCCC1)N(Cc1ccc(C)cc1)C(=O)CN(c1cc(C)ccc1OC)S(=O)(=O)c1ccc(C)cc1. The summed E-state index contributed by atoms with van der Waals surface area (Å²) in [6.45, 7) is 7.27. The van der Waals surface area contributed by atoms with Crippen LogP contribution in [0.4, 0.5) is 5.69 Å². The molecule has 0 saturated heterocycles. The van der Waals surface area contributed by atoms with Crippen molar-refractivity contribution in [2.45, 2.75) is 89.7 Å². The molecule has 1 aliphatic carbocycles. The molecule has 9 heteroatoms. The summed E-state index contributed by atoms with van der Waals surface area (Å²) in [6, 6.07) is 18.9. The molecule has 4 rings (SSSR count). The minimum absolute atomic E-state index is 0.0617. The molecule has 44 heavy (non-hydrogen) atoms. The zero-order chi connectivity index (χ0) is 31.9. The Morgan fingerprint density at radius 2 is 1.48 bits per heavy atom. The van der Waals surface area contributed by atoms with Gasteiger partial charge in [0, 0.05) is 12.6 Å². The molecule has 8 nitrogen and oxygen atoms in total. The van der Waals surface area contributed by atoms with Crippen LogP contribution in [0.5, 0.6) is 5.75 Å². The lowest BCUT2D eigenvalue weighted by Crippen LogP contribution is -2.54. The van der Waals surface area contributed by atoms with Crippen LogP contribution in [0.3, 0.4) is 0 Å². The number of ether oxygens (including phenoxy) is 1. The Labute approximate surface area is 262 Å². The van der Waals surface area contributed by atoms with Gasteiger partial charge in [0.15, 0.2) is 0 Å². The maximum Gasteiger partial charge on any atom is 0.264 e. The van der Waals surface area contributed by atoms with Crippen LogP contribution < -0.4 is 14.4 Å². The number of hydrogen-bond acceptors (Lipinski definition) is 5. The van der Waals surface area contributed by atoms with Crippen LogP contribution >= 0.6 is 0 Å². The Hall–Kier alpha value is -3.85. The van der Waals surface area contributed by atoms with Gasteiger partial charge in [-0.1, -0.05) is 79.8 Å². The third kappa shape index (κ3) is 8.00. The molecule has 1 atom stereocenters. The second kappa shape index (κ2) is 14.8. The lowest BCUT2D eigenvalue weighted by molar-refractivity contribution is -0.140. The van der Waals surface area contributed by atoms with Crippen LogP contribution in [-0.4, -0.2) is 50.9 Å². The maximum absolute atomic E-state index is 14.4. The highest BCUT2D eigenvalue weighted by Crippen LogP contribution is 2.34. The number of aryl methyl sites for hydroxylation is 3. The fraction of sp³-hybridized carbons (Fsp3) is 0.429. The van der Waals surface area contributed by atoms with E-state index in [1.54, 1.807) is 36.4 Å². The predicted molar refractivity (Wildman–Crippen MR) is 174 cm³/mol. The molecule has 0 radical (unpaired) electrons. The fourth-order valence-corrected chi connectivity index (χ4v) is 7.12. The van der Waals surface area contributed by atoms with Gasteiger partial charge in [-0.05, 0) is 75.4 Å². The minimum atomic E-state index is -4.20. The standard InChI is InChI=1S/C35H45N3O5S/c1-6-31(35(40)36-29-10-8-7-9-11-29)37(23-28-17-12-25(2)13-18-28)34(39)24-38(32-22-27(4)16-21-33(32)43-5)44(41,42)30-19-14-26(3)15-20-30/h12-22,29,31H,6-11,23-24H2,1-5H3,(H,36,40)/t31-/m0/s1. The van der Waals surface area contributed by atoms with E-state index in [1.165, 1.54) is 12.0 Å². The van der Waals surface area contributed by atoms with Crippen molar-refractivity contribution < 1.29 is 22.7 Å². The van der Waals surface area contributed by atoms with E-state index in [1.807, 2.05) is 58.0 Å². The molecule has 0 aliphatic heterocycles. The summed E-state index contributed by atoms with van der Waals surface area (Å²) in [5, 5.41) is 3.19. The molecule has 0 spiro atoms. The van der Waals surface area contributed by atoms with Gasteiger partial charge in [-0.2, -0.15) is 0 Å². The van der Waals surface area contributed by atoms with Crippen LogP contribution in [0, 0.1) is 20.8 Å². The van der Waals surface area contributed by atoms with Gasteiger partial charge in [-0.3, -0.25) is 13.9 Å². The summed E-state index contributed by atoms with van der Waals surface area (Å²) in [6.07, 6.45) is 5.52. The molecular weight excluding hydrogens is 574 g/mol. The number of benzene rings is 3. The molecule has 1 fully saturated rings. The van der Waals surface area contributed by atoms with Crippen molar-refractivity contribution >= 4 is 27.5 Å². The number of amides is 2. The van der Waals surface area contributed by atoms with E-state index in [9.17, 15) is 18.0 Å². The van der Waals surface area contributed by atoms with E-state index in [2.05, 4.69) is 5.32 Å². The van der Waals surface area contributed by atoms with Crippen molar-refractivity contribution in [2.75, 3.05) is 18.0 Å². The second-order valence-corrected chi connectivity index (χ2v) is 13.6. The topological polar surface area (TPSA) is 96.0 Å². The molecule has 1 aliphatic rings. The quantitative estimate of drug-likeness (QED) is 0.266. The molecule has 0 bridgehead atoms. The highest BCUT2D eigenvalue weighted by molar-refractivity contribution is 7.92. The van der Waals surface area contributed by atoms with Crippen LogP contribution in [0.15, 0.2) is 71.6 Å². The van der Waals surface area contributed by atoms with Gasteiger partial charge in [0.05, 0.1) is 17.7 Å². The Balaban J connectivity index is 1.75. The van der Waals surface area contributed by atoms with E-state index < -0.39 is 28.5 Å². The van der Waals surface area contributed by atoms with Gasteiger partial charge in [0.1, 0.15) is 18.3 Å². The normalized spacial score (nSPS) is 14.5. The van der Waals surface area contributed by atoms with Crippen molar-refractivity contribution in [3.05, 3.63) is 89.0 Å². The Morgan fingerprint density at radius 3 is 2.07 bits per heavy atom. The molecule has 2 amide bonds. The minimum Gasteiger partial charge on any atom is -0.495 e. The Bertz CT molecular complexity index is 1530. The smallest absolute Gasteiger partial charge is 0.264 e. The highest BCUT2D eigenvalue weighted by Gasteiger charge is 2.35. The molecule has 0 unspecified atom stereocenters. The zero-order valence-electron chi connectivity index (χ0n) is 26.5. The zero-order valence-corrected chi connectivity index (χ0v) is 27.3. The molecule has 1 N–H and O–H groups in total. The first-order chi connectivity index (χ1) is 21.0. The van der Waals surface area contributed by atoms with Gasteiger partial charge >= 0.3 is 0 Å². The Kier molecular flexibility index (Phi) is 11.1. The van der Waals surface area contributed by atoms with Crippen LogP contribution in [0.1, 0.15) is 67.7 Å². The van der Waals surface area contributed by atoms with Crippen molar-refractivity contribution in [3.8, 4) is 5.75 Å².